The number of benzene rings is 7. The summed E-state index contributed by atoms with van der Waals surface area (Å²) in [6.45, 7) is 2.33. The van der Waals surface area contributed by atoms with Crippen molar-refractivity contribution in [1.29, 1.82) is 0 Å². The third-order valence-electron chi connectivity index (χ3n) is 12.4. The SMILES string of the molecule is Cc1cc2c(cc1-c1cc3c(cc1N(c1ccccc1)c1ccc4c(c1)CCCC4)C(c1ccccc1)(c1ccccc1)c1ccccc1-3)CCCC2. The molecule has 1 heteroatoms. The highest BCUT2D eigenvalue weighted by Crippen LogP contribution is 2.59. The van der Waals surface area contributed by atoms with Gasteiger partial charge in [-0.15, -0.1) is 0 Å². The number of hydrogen-bond donors (Lipinski definition) is 0. The van der Waals surface area contributed by atoms with Gasteiger partial charge in [0.2, 0.25) is 0 Å². The van der Waals surface area contributed by atoms with Crippen LogP contribution in [0, 0.1) is 6.92 Å². The molecule has 7 aromatic rings. The predicted octanol–water partition coefficient (Wildman–Crippen LogP) is 13.3. The highest BCUT2D eigenvalue weighted by molar-refractivity contribution is 5.97. The Morgan fingerprint density at radius 1 is 0.396 bits per heavy atom. The summed E-state index contributed by atoms with van der Waals surface area (Å²) in [5.41, 5.74) is 21.1. The Kier molecular flexibility index (Phi) is 7.90. The van der Waals surface area contributed by atoms with Crippen molar-refractivity contribution in [3.05, 3.63) is 208 Å². The number of rotatable bonds is 6. The summed E-state index contributed by atoms with van der Waals surface area (Å²) < 4.78 is 0. The zero-order valence-electron chi connectivity index (χ0n) is 30.6. The van der Waals surface area contributed by atoms with E-state index in [-0.39, 0.29) is 0 Å². The summed E-state index contributed by atoms with van der Waals surface area (Å²) in [6.07, 6.45) is 9.75. The highest BCUT2D eigenvalue weighted by atomic mass is 15.1. The summed E-state index contributed by atoms with van der Waals surface area (Å²) in [5, 5.41) is 0. The van der Waals surface area contributed by atoms with Gasteiger partial charge in [0.05, 0.1) is 11.1 Å². The molecule has 0 amide bonds. The first-order valence-electron chi connectivity index (χ1n) is 19.7. The van der Waals surface area contributed by atoms with E-state index in [4.69, 9.17) is 0 Å². The van der Waals surface area contributed by atoms with E-state index in [2.05, 4.69) is 170 Å². The minimum Gasteiger partial charge on any atom is -0.310 e. The molecule has 7 aromatic carbocycles. The second kappa shape index (κ2) is 13.1. The third kappa shape index (κ3) is 5.20. The van der Waals surface area contributed by atoms with Crippen molar-refractivity contribution in [2.24, 2.45) is 0 Å². The van der Waals surface area contributed by atoms with E-state index in [9.17, 15) is 0 Å². The Morgan fingerprint density at radius 3 is 1.64 bits per heavy atom. The summed E-state index contributed by atoms with van der Waals surface area (Å²) in [6, 6.07) is 60.1. The van der Waals surface area contributed by atoms with Crippen LogP contribution in [0.2, 0.25) is 0 Å². The zero-order chi connectivity index (χ0) is 35.4. The molecule has 0 saturated carbocycles. The van der Waals surface area contributed by atoms with Gasteiger partial charge < -0.3 is 4.90 Å². The summed E-state index contributed by atoms with van der Waals surface area (Å²) in [4.78, 5) is 2.56. The Bertz CT molecular complexity index is 2420. The first-order valence-corrected chi connectivity index (χ1v) is 19.7. The van der Waals surface area contributed by atoms with Crippen molar-refractivity contribution in [2.75, 3.05) is 4.90 Å². The summed E-state index contributed by atoms with van der Waals surface area (Å²) in [5.74, 6) is 0. The molecule has 0 aliphatic heterocycles. The van der Waals surface area contributed by atoms with E-state index in [1.165, 1.54) is 128 Å². The van der Waals surface area contributed by atoms with Gasteiger partial charge in [-0.3, -0.25) is 0 Å². The molecule has 0 atom stereocenters. The lowest BCUT2D eigenvalue weighted by molar-refractivity contribution is 0.685. The fraction of sp³-hybridized carbons (Fsp3) is 0.192. The Balaban J connectivity index is 1.33. The lowest BCUT2D eigenvalue weighted by atomic mass is 9.67. The smallest absolute Gasteiger partial charge is 0.0714 e. The molecule has 0 N–H and O–H groups in total. The largest absolute Gasteiger partial charge is 0.310 e. The van der Waals surface area contributed by atoms with Crippen LogP contribution in [0.15, 0.2) is 158 Å². The number of para-hydroxylation sites is 1. The van der Waals surface area contributed by atoms with Crippen molar-refractivity contribution >= 4 is 17.1 Å². The van der Waals surface area contributed by atoms with Gasteiger partial charge in [0.1, 0.15) is 0 Å². The number of fused-ring (bicyclic) bond motifs is 5. The number of anilines is 3. The summed E-state index contributed by atoms with van der Waals surface area (Å²) >= 11 is 0. The molecule has 53 heavy (non-hydrogen) atoms. The fourth-order valence-electron chi connectivity index (χ4n) is 9.94. The van der Waals surface area contributed by atoms with Gasteiger partial charge in [-0.05, 0) is 161 Å². The molecule has 0 radical (unpaired) electrons. The Labute approximate surface area is 314 Å². The molecule has 0 fully saturated rings. The lowest BCUT2D eigenvalue weighted by Crippen LogP contribution is -2.28. The van der Waals surface area contributed by atoms with E-state index < -0.39 is 5.41 Å². The van der Waals surface area contributed by atoms with Crippen molar-refractivity contribution in [3.63, 3.8) is 0 Å². The van der Waals surface area contributed by atoms with Crippen LogP contribution in [0.25, 0.3) is 22.3 Å². The van der Waals surface area contributed by atoms with E-state index in [1.807, 2.05) is 0 Å². The molecule has 10 rings (SSSR count). The molecule has 1 nitrogen and oxygen atoms in total. The van der Waals surface area contributed by atoms with E-state index >= 15 is 0 Å². The van der Waals surface area contributed by atoms with Gasteiger partial charge in [-0.25, -0.2) is 0 Å². The first kappa shape index (κ1) is 32.0. The van der Waals surface area contributed by atoms with Gasteiger partial charge >= 0.3 is 0 Å². The van der Waals surface area contributed by atoms with Crippen LogP contribution >= 0.6 is 0 Å². The van der Waals surface area contributed by atoms with Crippen LogP contribution in [0.4, 0.5) is 17.1 Å². The maximum Gasteiger partial charge on any atom is 0.0714 e. The Morgan fingerprint density at radius 2 is 0.962 bits per heavy atom. The molecular formula is C52H45N. The predicted molar refractivity (Wildman–Crippen MR) is 222 cm³/mol. The molecule has 258 valence electrons. The third-order valence-corrected chi connectivity index (χ3v) is 12.4. The van der Waals surface area contributed by atoms with Gasteiger partial charge in [0.25, 0.3) is 0 Å². The standard InChI is InChI=1S/C52H45N/c1-36-31-38-18-13-14-20-40(38)33-46(36)48-34-47-45-27-15-16-28-49(45)52(41-21-5-2-6-22-41,42-23-7-3-8-24-42)50(47)35-51(48)53(43-25-9-4-10-26-43)44-30-29-37-17-11-12-19-39(37)32-44/h2-10,15-16,21-35H,11-14,17-20H2,1H3. The molecule has 0 spiro atoms. The van der Waals surface area contributed by atoms with Gasteiger partial charge in [0, 0.05) is 16.9 Å². The molecule has 0 unspecified atom stereocenters. The molecule has 3 aliphatic carbocycles. The van der Waals surface area contributed by atoms with Crippen LogP contribution in [-0.2, 0) is 31.1 Å². The van der Waals surface area contributed by atoms with Crippen molar-refractivity contribution in [2.45, 2.75) is 63.7 Å². The first-order chi connectivity index (χ1) is 26.2. The average molecular weight is 684 g/mol. The van der Waals surface area contributed by atoms with Crippen LogP contribution in [0.3, 0.4) is 0 Å². The van der Waals surface area contributed by atoms with Gasteiger partial charge in [0.15, 0.2) is 0 Å². The minimum absolute atomic E-state index is 0.481. The van der Waals surface area contributed by atoms with Crippen LogP contribution in [0.5, 0.6) is 0 Å². The number of hydrogen-bond acceptors (Lipinski definition) is 1. The topological polar surface area (TPSA) is 3.24 Å². The van der Waals surface area contributed by atoms with Crippen molar-refractivity contribution in [1.82, 2.24) is 0 Å². The van der Waals surface area contributed by atoms with Crippen molar-refractivity contribution < 1.29 is 0 Å². The summed E-state index contributed by atoms with van der Waals surface area (Å²) in [7, 11) is 0. The van der Waals surface area contributed by atoms with Crippen LogP contribution < -0.4 is 4.90 Å². The maximum atomic E-state index is 2.58. The Hall–Kier alpha value is -5.66. The molecule has 0 heterocycles. The van der Waals surface area contributed by atoms with Gasteiger partial charge in [-0.1, -0.05) is 121 Å². The number of aryl methyl sites for hydroxylation is 5. The number of nitrogens with zero attached hydrogens (tertiary/aromatic N) is 1. The monoisotopic (exact) mass is 683 g/mol. The lowest BCUT2D eigenvalue weighted by Gasteiger charge is -2.36. The molecule has 0 aromatic heterocycles. The second-order valence-corrected chi connectivity index (χ2v) is 15.4. The quantitative estimate of drug-likeness (QED) is 0.169. The van der Waals surface area contributed by atoms with Gasteiger partial charge in [-0.2, -0.15) is 0 Å². The molecule has 3 aliphatic rings. The maximum absolute atomic E-state index is 2.58. The molecular weight excluding hydrogens is 639 g/mol. The molecule has 0 saturated heterocycles. The highest BCUT2D eigenvalue weighted by Gasteiger charge is 2.47. The second-order valence-electron chi connectivity index (χ2n) is 15.4. The minimum atomic E-state index is -0.481. The molecule has 0 bridgehead atoms. The fourth-order valence-corrected chi connectivity index (χ4v) is 9.94. The normalized spacial score (nSPS) is 15.2. The van der Waals surface area contributed by atoms with E-state index in [1.54, 1.807) is 0 Å². The zero-order valence-corrected chi connectivity index (χ0v) is 30.6. The van der Waals surface area contributed by atoms with Crippen LogP contribution in [0.1, 0.15) is 75.8 Å². The van der Waals surface area contributed by atoms with E-state index in [0.717, 1.165) is 12.8 Å². The average Bonchev–Trinajstić information content (AvgIpc) is 3.51. The van der Waals surface area contributed by atoms with E-state index in [0.29, 0.717) is 0 Å². The van der Waals surface area contributed by atoms with Crippen molar-refractivity contribution in [3.8, 4) is 22.3 Å². The van der Waals surface area contributed by atoms with Crippen LogP contribution in [-0.4, -0.2) is 0 Å².